The van der Waals surface area contributed by atoms with Gasteiger partial charge in [-0.2, -0.15) is 5.10 Å². The molecule has 28 heavy (non-hydrogen) atoms. The highest BCUT2D eigenvalue weighted by molar-refractivity contribution is 6.13. The fourth-order valence-electron chi connectivity index (χ4n) is 3.41. The van der Waals surface area contributed by atoms with Gasteiger partial charge < -0.3 is 4.74 Å². The molecule has 0 bridgehead atoms. The Bertz CT molecular complexity index is 1060. The van der Waals surface area contributed by atoms with Gasteiger partial charge in [-0.1, -0.05) is 42.5 Å². The number of allylic oxidation sites excluding steroid dienone is 1. The van der Waals surface area contributed by atoms with E-state index in [1.165, 1.54) is 0 Å². The van der Waals surface area contributed by atoms with E-state index in [9.17, 15) is 9.59 Å². The first kappa shape index (κ1) is 17.9. The summed E-state index contributed by atoms with van der Waals surface area (Å²) in [6.45, 7) is 2.02. The maximum Gasteiger partial charge on any atom is 0.359 e. The second kappa shape index (κ2) is 7.64. The Morgan fingerprint density at radius 2 is 1.86 bits per heavy atom. The molecule has 140 valence electrons. The molecule has 0 spiro atoms. The van der Waals surface area contributed by atoms with E-state index < -0.39 is 5.97 Å². The quantitative estimate of drug-likeness (QED) is 0.507. The minimum absolute atomic E-state index is 0.00381. The number of hydrogen-bond acceptors (Lipinski definition) is 4. The first-order valence-electron chi connectivity index (χ1n) is 9.32. The van der Waals surface area contributed by atoms with Crippen LogP contribution < -0.4 is 0 Å². The largest absolute Gasteiger partial charge is 0.461 e. The zero-order valence-corrected chi connectivity index (χ0v) is 15.6. The van der Waals surface area contributed by atoms with Gasteiger partial charge in [-0.15, -0.1) is 0 Å². The van der Waals surface area contributed by atoms with Crippen molar-refractivity contribution in [2.75, 3.05) is 6.61 Å². The number of ether oxygens (including phenoxy) is 1. The molecule has 3 aromatic rings. The monoisotopic (exact) mass is 372 g/mol. The summed E-state index contributed by atoms with van der Waals surface area (Å²) in [7, 11) is 0. The molecule has 0 unspecified atom stereocenters. The Kier molecular flexibility index (Phi) is 4.89. The number of Topliss-reactive ketones (excluding diaryl/α,β-unsaturated/α-hetero) is 1. The summed E-state index contributed by atoms with van der Waals surface area (Å²) in [5.74, 6) is -0.489. The maximum absolute atomic E-state index is 12.9. The second-order valence-electron chi connectivity index (χ2n) is 6.59. The van der Waals surface area contributed by atoms with Gasteiger partial charge in [-0.3, -0.25) is 4.79 Å². The van der Waals surface area contributed by atoms with Crippen molar-refractivity contribution in [2.24, 2.45) is 0 Å². The Hall–Kier alpha value is -3.47. The lowest BCUT2D eigenvalue weighted by Gasteiger charge is -2.17. The van der Waals surface area contributed by atoms with Crippen molar-refractivity contribution in [3.8, 4) is 5.69 Å². The molecule has 0 radical (unpaired) electrons. The third-order valence-electron chi connectivity index (χ3n) is 4.78. The molecule has 0 fully saturated rings. The fourth-order valence-corrected chi connectivity index (χ4v) is 3.41. The van der Waals surface area contributed by atoms with Gasteiger partial charge in [0.05, 0.1) is 12.3 Å². The van der Waals surface area contributed by atoms with Gasteiger partial charge >= 0.3 is 5.97 Å². The maximum atomic E-state index is 12.9. The highest BCUT2D eigenvalue weighted by Crippen LogP contribution is 2.27. The molecule has 0 aliphatic heterocycles. The van der Waals surface area contributed by atoms with E-state index in [0.29, 0.717) is 17.6 Å². The van der Waals surface area contributed by atoms with E-state index in [0.717, 1.165) is 23.2 Å². The van der Waals surface area contributed by atoms with Crippen molar-refractivity contribution < 1.29 is 14.3 Å². The standard InChI is InChI=1S/C23H20N2O3/c1-2-28-23(27)21-18(15-25(24-21)19-9-4-3-5-10-19)14-17-13-12-16-8-6-7-11-20(16)22(17)26/h3-11,14-15H,2,12-13H2,1H3/b17-14+. The van der Waals surface area contributed by atoms with Crippen LogP contribution in [0.3, 0.4) is 0 Å². The average molecular weight is 372 g/mol. The Balaban J connectivity index is 1.76. The van der Waals surface area contributed by atoms with E-state index in [2.05, 4.69) is 5.10 Å². The number of rotatable bonds is 4. The molecule has 5 heteroatoms. The molecule has 4 rings (SSSR count). The third kappa shape index (κ3) is 3.39. The Morgan fingerprint density at radius 1 is 1.11 bits per heavy atom. The van der Waals surface area contributed by atoms with Crippen molar-refractivity contribution >= 4 is 17.8 Å². The number of esters is 1. The highest BCUT2D eigenvalue weighted by atomic mass is 16.5. The molecule has 0 amide bonds. The summed E-state index contributed by atoms with van der Waals surface area (Å²) in [6, 6.07) is 17.2. The lowest BCUT2D eigenvalue weighted by molar-refractivity contribution is 0.0518. The van der Waals surface area contributed by atoms with E-state index in [-0.39, 0.29) is 18.1 Å². The van der Waals surface area contributed by atoms with E-state index in [1.807, 2.05) is 54.6 Å². The smallest absolute Gasteiger partial charge is 0.359 e. The molecule has 1 aromatic heterocycles. The minimum Gasteiger partial charge on any atom is -0.461 e. The molecule has 0 atom stereocenters. The molecule has 5 nitrogen and oxygen atoms in total. The lowest BCUT2D eigenvalue weighted by atomic mass is 9.86. The Labute approximate surface area is 163 Å². The molecular formula is C23H20N2O3. The van der Waals surface area contributed by atoms with Gasteiger partial charge in [0.2, 0.25) is 0 Å². The van der Waals surface area contributed by atoms with Gasteiger partial charge in [0, 0.05) is 22.9 Å². The predicted molar refractivity (Wildman–Crippen MR) is 107 cm³/mol. The van der Waals surface area contributed by atoms with Crippen molar-refractivity contribution in [1.82, 2.24) is 9.78 Å². The zero-order valence-electron chi connectivity index (χ0n) is 15.6. The number of fused-ring (bicyclic) bond motifs is 1. The van der Waals surface area contributed by atoms with Crippen LogP contribution in [0.5, 0.6) is 0 Å². The first-order valence-corrected chi connectivity index (χ1v) is 9.32. The van der Waals surface area contributed by atoms with Crippen molar-refractivity contribution in [1.29, 1.82) is 0 Å². The van der Waals surface area contributed by atoms with Gasteiger partial charge in [-0.05, 0) is 43.5 Å². The summed E-state index contributed by atoms with van der Waals surface area (Å²) in [4.78, 5) is 25.3. The number of hydrogen-bond donors (Lipinski definition) is 0. The number of aryl methyl sites for hydroxylation is 1. The van der Waals surface area contributed by atoms with Crippen LogP contribution in [-0.4, -0.2) is 28.1 Å². The molecular weight excluding hydrogens is 352 g/mol. The van der Waals surface area contributed by atoms with Crippen LogP contribution in [0, 0.1) is 0 Å². The van der Waals surface area contributed by atoms with Gasteiger partial charge in [0.25, 0.3) is 0 Å². The summed E-state index contributed by atoms with van der Waals surface area (Å²) in [5.41, 5.74) is 4.10. The number of carbonyl (C=O) groups excluding carboxylic acids is 2. The highest BCUT2D eigenvalue weighted by Gasteiger charge is 2.24. The van der Waals surface area contributed by atoms with Crippen molar-refractivity contribution in [2.45, 2.75) is 19.8 Å². The fraction of sp³-hybridized carbons (Fsp3) is 0.174. The molecule has 0 N–H and O–H groups in total. The third-order valence-corrected chi connectivity index (χ3v) is 4.78. The number of nitrogens with zero attached hydrogens (tertiary/aromatic N) is 2. The first-order chi connectivity index (χ1) is 13.7. The minimum atomic E-state index is -0.493. The molecule has 0 saturated heterocycles. The van der Waals surface area contributed by atoms with Crippen LogP contribution in [0.15, 0.2) is 66.4 Å². The zero-order chi connectivity index (χ0) is 19.5. The van der Waals surface area contributed by atoms with Crippen molar-refractivity contribution in [3.05, 3.63) is 88.8 Å². The second-order valence-corrected chi connectivity index (χ2v) is 6.59. The van der Waals surface area contributed by atoms with E-state index in [4.69, 9.17) is 4.74 Å². The van der Waals surface area contributed by atoms with Crippen LogP contribution in [0.2, 0.25) is 0 Å². The summed E-state index contributed by atoms with van der Waals surface area (Å²) in [5, 5.41) is 4.42. The van der Waals surface area contributed by atoms with Crippen LogP contribution in [0.4, 0.5) is 0 Å². The van der Waals surface area contributed by atoms with Crippen molar-refractivity contribution in [3.63, 3.8) is 0 Å². The van der Waals surface area contributed by atoms with Gasteiger partial charge in [0.1, 0.15) is 0 Å². The Morgan fingerprint density at radius 3 is 2.64 bits per heavy atom. The van der Waals surface area contributed by atoms with Crippen LogP contribution >= 0.6 is 0 Å². The number of para-hydroxylation sites is 1. The predicted octanol–water partition coefficient (Wildman–Crippen LogP) is 4.26. The van der Waals surface area contributed by atoms with Crippen LogP contribution in [0.25, 0.3) is 11.8 Å². The van der Waals surface area contributed by atoms with E-state index >= 15 is 0 Å². The van der Waals surface area contributed by atoms with E-state index in [1.54, 1.807) is 23.9 Å². The molecule has 1 aliphatic carbocycles. The SMILES string of the molecule is CCOC(=O)c1nn(-c2ccccc2)cc1/C=C1\CCc2ccccc2C1=O. The molecule has 2 aromatic carbocycles. The molecule has 1 heterocycles. The lowest BCUT2D eigenvalue weighted by Crippen LogP contribution is -2.14. The number of aromatic nitrogens is 2. The summed E-state index contributed by atoms with van der Waals surface area (Å²) >= 11 is 0. The number of benzene rings is 2. The number of ketones is 1. The normalized spacial score (nSPS) is 14.8. The van der Waals surface area contributed by atoms with Gasteiger partial charge in [0.15, 0.2) is 11.5 Å². The summed E-state index contributed by atoms with van der Waals surface area (Å²) < 4.78 is 6.80. The summed E-state index contributed by atoms with van der Waals surface area (Å²) in [6.07, 6.45) is 4.98. The molecule has 0 saturated carbocycles. The van der Waals surface area contributed by atoms with Crippen LogP contribution in [0.1, 0.15) is 45.3 Å². The topological polar surface area (TPSA) is 61.2 Å². The molecule has 1 aliphatic rings. The van der Waals surface area contributed by atoms with Gasteiger partial charge in [-0.25, -0.2) is 9.48 Å². The van der Waals surface area contributed by atoms with Crippen LogP contribution in [-0.2, 0) is 11.2 Å². The number of carbonyl (C=O) groups is 2. The average Bonchev–Trinajstić information content (AvgIpc) is 3.15.